The van der Waals surface area contributed by atoms with Gasteiger partial charge >= 0.3 is 0 Å². The van der Waals surface area contributed by atoms with Crippen LogP contribution in [0.5, 0.6) is 0 Å². The Kier molecular flexibility index (Phi) is 5.88. The molecule has 1 amide bonds. The molecule has 0 spiro atoms. The highest BCUT2D eigenvalue weighted by Gasteiger charge is 2.27. The molecule has 2 atom stereocenters. The topological polar surface area (TPSA) is 128 Å². The van der Waals surface area contributed by atoms with Gasteiger partial charge in [-0.05, 0) is 31.4 Å². The third-order valence-electron chi connectivity index (χ3n) is 5.46. The molecule has 1 saturated heterocycles. The number of carbonyl (C=O) groups excluding carboxylic acids is 1. The van der Waals surface area contributed by atoms with E-state index >= 15 is 0 Å². The zero-order chi connectivity index (χ0) is 22.1. The lowest BCUT2D eigenvalue weighted by atomic mass is 10.1. The minimum atomic E-state index is -1.04. The van der Waals surface area contributed by atoms with Gasteiger partial charge in [0.1, 0.15) is 21.9 Å². The second kappa shape index (κ2) is 8.60. The summed E-state index contributed by atoms with van der Waals surface area (Å²) in [4.78, 5) is 23.6. The van der Waals surface area contributed by atoms with Crippen LogP contribution in [-0.4, -0.2) is 51.0 Å². The van der Waals surface area contributed by atoms with E-state index in [2.05, 4.69) is 20.4 Å². The van der Waals surface area contributed by atoms with E-state index in [9.17, 15) is 9.18 Å². The molecule has 4 rings (SSSR count). The Morgan fingerprint density at radius 1 is 1.32 bits per heavy atom. The molecule has 5 N–H and O–H groups in total. The number of nitrogen functional groups attached to an aromatic ring is 1. The van der Waals surface area contributed by atoms with Crippen molar-refractivity contribution >= 4 is 33.8 Å². The maximum absolute atomic E-state index is 14.0. The molecule has 0 aliphatic carbocycles. The Labute approximate surface area is 183 Å². The van der Waals surface area contributed by atoms with E-state index in [1.807, 2.05) is 17.9 Å². The molecule has 1 aliphatic heterocycles. The number of carbonyl (C=O) groups is 1. The predicted octanol–water partition coefficient (Wildman–Crippen LogP) is 2.35. The lowest BCUT2D eigenvalue weighted by Crippen LogP contribution is -2.31. The normalized spacial score (nSPS) is 19.3. The number of hydrogen-bond acceptors (Lipinski definition) is 8. The number of nitrogens with two attached hydrogens (primary N) is 2. The van der Waals surface area contributed by atoms with Crippen LogP contribution in [0.2, 0.25) is 0 Å². The summed E-state index contributed by atoms with van der Waals surface area (Å²) < 4.78 is 15.7. The van der Waals surface area contributed by atoms with E-state index in [1.165, 1.54) is 11.3 Å². The van der Waals surface area contributed by atoms with E-state index in [0.29, 0.717) is 47.4 Å². The quantitative estimate of drug-likeness (QED) is 0.563. The fraction of sp³-hybridized carbons (Fsp3) is 0.400. The Morgan fingerprint density at radius 3 is 2.87 bits per heavy atom. The van der Waals surface area contributed by atoms with Gasteiger partial charge in [-0.1, -0.05) is 11.3 Å². The summed E-state index contributed by atoms with van der Waals surface area (Å²) in [6.07, 6.45) is 4.78. The Balaban J connectivity index is 1.57. The molecule has 0 unspecified atom stereocenters. The van der Waals surface area contributed by atoms with E-state index in [0.717, 1.165) is 11.1 Å². The summed E-state index contributed by atoms with van der Waals surface area (Å²) in [5.41, 5.74) is 14.5. The number of alkyl halides is 1. The van der Waals surface area contributed by atoms with Crippen molar-refractivity contribution < 1.29 is 9.18 Å². The number of halogens is 1. The summed E-state index contributed by atoms with van der Waals surface area (Å²) in [7, 11) is 1.78. The highest BCUT2D eigenvalue weighted by Crippen LogP contribution is 2.33. The third kappa shape index (κ3) is 4.23. The van der Waals surface area contributed by atoms with Crippen LogP contribution in [0.25, 0.3) is 10.6 Å². The molecule has 0 aromatic carbocycles. The van der Waals surface area contributed by atoms with Crippen molar-refractivity contribution in [1.82, 2.24) is 19.7 Å². The molecule has 3 aromatic rings. The standard InChI is InChI=1S/C20H25FN8OS/c1-11-3-6-24-9-12(11)19-27-16(17(23)31-19)18(30)26-15-10-25-28(2)20(15)29-7-4-13(21)14(22)5-8-29/h3,6,9-10,13-14H,4-5,7-8,22-23H2,1-2H3,(H,26,30)/t13-,14-/m1/s1. The summed E-state index contributed by atoms with van der Waals surface area (Å²) in [6, 6.07) is 1.39. The smallest absolute Gasteiger partial charge is 0.277 e. The molecule has 1 aliphatic rings. The van der Waals surface area contributed by atoms with Gasteiger partial charge < -0.3 is 21.7 Å². The van der Waals surface area contributed by atoms with Gasteiger partial charge in [-0.3, -0.25) is 14.5 Å². The molecule has 164 valence electrons. The van der Waals surface area contributed by atoms with Crippen molar-refractivity contribution in [2.45, 2.75) is 32.0 Å². The van der Waals surface area contributed by atoms with E-state index in [-0.39, 0.29) is 5.69 Å². The number of anilines is 3. The van der Waals surface area contributed by atoms with Crippen molar-refractivity contribution in [2.75, 3.05) is 29.0 Å². The fourth-order valence-corrected chi connectivity index (χ4v) is 4.58. The monoisotopic (exact) mass is 444 g/mol. The SMILES string of the molecule is Cc1ccncc1-c1nc(C(=O)Nc2cnn(C)c2N2CC[C@@H](N)[C@H](F)CC2)c(N)s1. The van der Waals surface area contributed by atoms with Gasteiger partial charge in [0, 0.05) is 44.1 Å². The summed E-state index contributed by atoms with van der Waals surface area (Å²) in [5.74, 6) is 0.275. The lowest BCUT2D eigenvalue weighted by Gasteiger charge is -2.24. The third-order valence-corrected chi connectivity index (χ3v) is 6.38. The van der Waals surface area contributed by atoms with E-state index < -0.39 is 18.1 Å². The van der Waals surface area contributed by atoms with Gasteiger partial charge in [-0.25, -0.2) is 9.37 Å². The number of rotatable bonds is 4. The average molecular weight is 445 g/mol. The number of nitrogens with one attached hydrogen (secondary N) is 1. The summed E-state index contributed by atoms with van der Waals surface area (Å²) in [6.45, 7) is 3.01. The second-order valence-corrected chi connectivity index (χ2v) is 8.66. The van der Waals surface area contributed by atoms with Crippen LogP contribution in [0, 0.1) is 6.92 Å². The lowest BCUT2D eigenvalue weighted by molar-refractivity contribution is 0.102. The molecular formula is C20H25FN8OS. The van der Waals surface area contributed by atoms with Crippen LogP contribution in [0.4, 0.5) is 20.9 Å². The van der Waals surface area contributed by atoms with Crippen LogP contribution >= 0.6 is 11.3 Å². The molecular weight excluding hydrogens is 419 g/mol. The average Bonchev–Trinajstić information content (AvgIpc) is 3.25. The van der Waals surface area contributed by atoms with Crippen molar-refractivity contribution in [3.05, 3.63) is 35.9 Å². The largest absolute Gasteiger partial charge is 0.389 e. The molecule has 31 heavy (non-hydrogen) atoms. The molecule has 1 fully saturated rings. The second-order valence-electron chi connectivity index (χ2n) is 7.63. The number of pyridine rings is 1. The summed E-state index contributed by atoms with van der Waals surface area (Å²) in [5, 5.41) is 8.10. The highest BCUT2D eigenvalue weighted by atomic mass is 32.1. The zero-order valence-corrected chi connectivity index (χ0v) is 18.2. The fourth-order valence-electron chi connectivity index (χ4n) is 3.68. The molecule has 4 heterocycles. The number of aromatic nitrogens is 4. The van der Waals surface area contributed by atoms with Crippen LogP contribution in [0.1, 0.15) is 28.9 Å². The van der Waals surface area contributed by atoms with Crippen LogP contribution in [0.15, 0.2) is 24.7 Å². The maximum atomic E-state index is 14.0. The van der Waals surface area contributed by atoms with Gasteiger partial charge in [0.25, 0.3) is 5.91 Å². The highest BCUT2D eigenvalue weighted by molar-refractivity contribution is 7.19. The number of amides is 1. The van der Waals surface area contributed by atoms with Crippen molar-refractivity contribution in [3.8, 4) is 10.6 Å². The van der Waals surface area contributed by atoms with Crippen molar-refractivity contribution in [1.29, 1.82) is 0 Å². The maximum Gasteiger partial charge on any atom is 0.277 e. The molecule has 0 bridgehead atoms. The van der Waals surface area contributed by atoms with Crippen LogP contribution in [0.3, 0.4) is 0 Å². The van der Waals surface area contributed by atoms with Crippen LogP contribution in [-0.2, 0) is 7.05 Å². The van der Waals surface area contributed by atoms with E-state index in [1.54, 1.807) is 30.3 Å². The number of nitrogens with zero attached hydrogens (tertiary/aromatic N) is 5. The van der Waals surface area contributed by atoms with Crippen molar-refractivity contribution in [2.24, 2.45) is 12.8 Å². The Hall–Kier alpha value is -3.05. The first-order valence-electron chi connectivity index (χ1n) is 10.0. The van der Waals surface area contributed by atoms with Crippen LogP contribution < -0.4 is 21.7 Å². The van der Waals surface area contributed by atoms with Gasteiger partial charge in [-0.15, -0.1) is 0 Å². The molecule has 9 nitrogen and oxygen atoms in total. The first-order chi connectivity index (χ1) is 14.8. The van der Waals surface area contributed by atoms with Crippen molar-refractivity contribution in [3.63, 3.8) is 0 Å². The zero-order valence-electron chi connectivity index (χ0n) is 17.4. The van der Waals surface area contributed by atoms with Gasteiger partial charge in [-0.2, -0.15) is 5.10 Å². The summed E-state index contributed by atoms with van der Waals surface area (Å²) >= 11 is 1.24. The Morgan fingerprint density at radius 2 is 2.10 bits per heavy atom. The number of thiazole rings is 1. The van der Waals surface area contributed by atoms with E-state index in [4.69, 9.17) is 11.5 Å². The van der Waals surface area contributed by atoms with Gasteiger partial charge in [0.05, 0.1) is 6.20 Å². The molecule has 0 saturated carbocycles. The minimum absolute atomic E-state index is 0.153. The molecule has 3 aromatic heterocycles. The number of hydrogen-bond donors (Lipinski definition) is 3. The van der Waals surface area contributed by atoms with Gasteiger partial charge in [0.15, 0.2) is 11.5 Å². The molecule has 11 heteroatoms. The Bertz CT molecular complexity index is 1080. The number of aryl methyl sites for hydroxylation is 2. The first kappa shape index (κ1) is 21.2. The first-order valence-corrected chi connectivity index (χ1v) is 10.8. The molecule has 0 radical (unpaired) electrons. The van der Waals surface area contributed by atoms with Gasteiger partial charge in [0.2, 0.25) is 0 Å². The predicted molar refractivity (Wildman–Crippen MR) is 120 cm³/mol. The minimum Gasteiger partial charge on any atom is -0.389 e.